The number of halogens is 3. The van der Waals surface area contributed by atoms with Crippen molar-refractivity contribution in [3.8, 4) is 5.75 Å². The summed E-state index contributed by atoms with van der Waals surface area (Å²) in [7, 11) is 1.60. The van der Waals surface area contributed by atoms with Crippen LogP contribution in [0.15, 0.2) is 28.7 Å². The van der Waals surface area contributed by atoms with Gasteiger partial charge >= 0.3 is 6.18 Å². The molecule has 1 fully saturated rings. The van der Waals surface area contributed by atoms with E-state index >= 15 is 0 Å². The average Bonchev–Trinajstić information content (AvgIpc) is 3.11. The van der Waals surface area contributed by atoms with Gasteiger partial charge in [0.15, 0.2) is 11.3 Å². The predicted octanol–water partition coefficient (Wildman–Crippen LogP) is 3.42. The number of methoxy groups -OCH3 is 1. The Morgan fingerprint density at radius 2 is 2.21 bits per heavy atom. The molecule has 4 nitrogen and oxygen atoms in total. The number of ether oxygens (including phenoxy) is 1. The second-order valence-electron chi connectivity index (χ2n) is 6.23. The zero-order chi connectivity index (χ0) is 17.2. The van der Waals surface area contributed by atoms with Gasteiger partial charge in [0, 0.05) is 11.9 Å². The lowest BCUT2D eigenvalue weighted by molar-refractivity contribution is -0.143. The van der Waals surface area contributed by atoms with Crippen molar-refractivity contribution in [1.29, 1.82) is 0 Å². The predicted molar refractivity (Wildman–Crippen MR) is 85.1 cm³/mol. The summed E-state index contributed by atoms with van der Waals surface area (Å²) in [6, 6.07) is 7.66. The van der Waals surface area contributed by atoms with Gasteiger partial charge in [-0.25, -0.2) is 0 Å². The molecule has 1 aromatic carbocycles. The van der Waals surface area contributed by atoms with Crippen molar-refractivity contribution in [2.24, 2.45) is 5.92 Å². The van der Waals surface area contributed by atoms with Gasteiger partial charge in [0.1, 0.15) is 5.76 Å². The number of para-hydroxylation sites is 1. The highest BCUT2D eigenvalue weighted by Crippen LogP contribution is 2.28. The van der Waals surface area contributed by atoms with Gasteiger partial charge in [-0.2, -0.15) is 13.2 Å². The summed E-state index contributed by atoms with van der Waals surface area (Å²) >= 11 is 0. The van der Waals surface area contributed by atoms with Crippen LogP contribution in [0.1, 0.15) is 12.2 Å². The first-order valence-electron chi connectivity index (χ1n) is 8.00. The van der Waals surface area contributed by atoms with Gasteiger partial charge in [0.2, 0.25) is 0 Å². The van der Waals surface area contributed by atoms with E-state index in [1.54, 1.807) is 7.11 Å². The second kappa shape index (κ2) is 7.03. The van der Waals surface area contributed by atoms with Crippen LogP contribution in [-0.2, 0) is 6.54 Å². The maximum Gasteiger partial charge on any atom is 0.401 e. The Labute approximate surface area is 138 Å². The fraction of sp³-hybridized carbons (Fsp3) is 0.529. The minimum atomic E-state index is -4.12. The summed E-state index contributed by atoms with van der Waals surface area (Å²) in [6.07, 6.45) is -3.33. The molecule has 1 aliphatic heterocycles. The van der Waals surface area contributed by atoms with Gasteiger partial charge in [-0.05, 0) is 37.6 Å². The molecule has 0 bridgehead atoms. The second-order valence-corrected chi connectivity index (χ2v) is 6.23. The van der Waals surface area contributed by atoms with Crippen LogP contribution in [0, 0.1) is 5.92 Å². The molecule has 1 aromatic heterocycles. The Hall–Kier alpha value is -1.73. The highest BCUT2D eigenvalue weighted by Gasteiger charge is 2.34. The molecule has 2 aromatic rings. The number of hydrogen-bond donors (Lipinski definition) is 1. The molecule has 1 aliphatic rings. The van der Waals surface area contributed by atoms with Crippen LogP contribution in [-0.4, -0.2) is 44.4 Å². The molecule has 1 saturated heterocycles. The van der Waals surface area contributed by atoms with Crippen LogP contribution in [0.2, 0.25) is 0 Å². The number of alkyl halides is 3. The van der Waals surface area contributed by atoms with E-state index in [2.05, 4.69) is 5.32 Å². The van der Waals surface area contributed by atoms with Crippen LogP contribution in [0.25, 0.3) is 11.0 Å². The molecule has 0 amide bonds. The van der Waals surface area contributed by atoms with E-state index < -0.39 is 12.7 Å². The van der Waals surface area contributed by atoms with E-state index in [9.17, 15) is 13.2 Å². The van der Waals surface area contributed by atoms with Gasteiger partial charge in [-0.1, -0.05) is 12.1 Å². The molecule has 0 spiro atoms. The number of furan rings is 1. The van der Waals surface area contributed by atoms with E-state index in [-0.39, 0.29) is 5.92 Å². The van der Waals surface area contributed by atoms with Crippen molar-refractivity contribution in [1.82, 2.24) is 10.2 Å². The molecule has 7 heteroatoms. The smallest absolute Gasteiger partial charge is 0.401 e. The summed E-state index contributed by atoms with van der Waals surface area (Å²) in [5, 5.41) is 4.26. The molecule has 2 heterocycles. The fourth-order valence-corrected chi connectivity index (χ4v) is 3.21. The van der Waals surface area contributed by atoms with E-state index in [1.165, 1.54) is 4.90 Å². The van der Waals surface area contributed by atoms with E-state index in [4.69, 9.17) is 9.15 Å². The summed E-state index contributed by atoms with van der Waals surface area (Å²) in [4.78, 5) is 1.47. The maximum absolute atomic E-state index is 12.4. The minimum absolute atomic E-state index is 0.242. The van der Waals surface area contributed by atoms with Gasteiger partial charge in [0.05, 0.1) is 20.2 Å². The first-order valence-corrected chi connectivity index (χ1v) is 8.00. The lowest BCUT2D eigenvalue weighted by Crippen LogP contribution is -2.33. The topological polar surface area (TPSA) is 37.6 Å². The Morgan fingerprint density at radius 3 is 2.96 bits per heavy atom. The van der Waals surface area contributed by atoms with E-state index in [1.807, 2.05) is 24.3 Å². The minimum Gasteiger partial charge on any atom is -0.493 e. The summed E-state index contributed by atoms with van der Waals surface area (Å²) in [5.41, 5.74) is 0.717. The first-order chi connectivity index (χ1) is 11.4. The summed E-state index contributed by atoms with van der Waals surface area (Å²) < 4.78 is 48.2. The van der Waals surface area contributed by atoms with Crippen LogP contribution >= 0.6 is 0 Å². The van der Waals surface area contributed by atoms with Crippen LogP contribution in [0.5, 0.6) is 5.75 Å². The Morgan fingerprint density at radius 1 is 1.38 bits per heavy atom. The quantitative estimate of drug-likeness (QED) is 0.873. The molecular weight excluding hydrogens is 321 g/mol. The molecular formula is C17H21F3N2O2. The molecule has 1 unspecified atom stereocenters. The molecule has 132 valence electrons. The molecule has 3 rings (SSSR count). The lowest BCUT2D eigenvalue weighted by Gasteiger charge is -2.17. The molecule has 1 atom stereocenters. The molecule has 1 N–H and O–H groups in total. The normalized spacial score (nSPS) is 19.2. The monoisotopic (exact) mass is 342 g/mol. The third-order valence-corrected chi connectivity index (χ3v) is 4.28. The molecule has 0 radical (unpaired) electrons. The largest absolute Gasteiger partial charge is 0.493 e. The van der Waals surface area contributed by atoms with Crippen molar-refractivity contribution in [2.75, 3.05) is 33.3 Å². The zero-order valence-corrected chi connectivity index (χ0v) is 13.5. The highest BCUT2D eigenvalue weighted by molar-refractivity contribution is 5.83. The first kappa shape index (κ1) is 17.1. The SMILES string of the molecule is COc1cccc2cc(CNCC3CCN(CC(F)(F)F)C3)oc12. The molecule has 0 saturated carbocycles. The van der Waals surface area contributed by atoms with Crippen molar-refractivity contribution in [3.05, 3.63) is 30.0 Å². The zero-order valence-electron chi connectivity index (χ0n) is 13.5. The highest BCUT2D eigenvalue weighted by atomic mass is 19.4. The number of nitrogens with one attached hydrogen (secondary N) is 1. The van der Waals surface area contributed by atoms with Crippen molar-refractivity contribution >= 4 is 11.0 Å². The van der Waals surface area contributed by atoms with Gasteiger partial charge in [-0.15, -0.1) is 0 Å². The Bertz CT molecular complexity index is 684. The standard InChI is InChI=1S/C17H21F3N2O2/c1-23-15-4-2-3-13-7-14(24-16(13)15)9-21-8-12-5-6-22(10-12)11-17(18,19)20/h2-4,7,12,21H,5-6,8-11H2,1H3. The van der Waals surface area contributed by atoms with Crippen LogP contribution in [0.4, 0.5) is 13.2 Å². The average molecular weight is 342 g/mol. The van der Waals surface area contributed by atoms with Crippen molar-refractivity contribution < 1.29 is 22.3 Å². The third kappa shape index (κ3) is 4.21. The number of rotatable bonds is 6. The fourth-order valence-electron chi connectivity index (χ4n) is 3.21. The third-order valence-electron chi connectivity index (χ3n) is 4.28. The van der Waals surface area contributed by atoms with Crippen molar-refractivity contribution in [2.45, 2.75) is 19.1 Å². The Balaban J connectivity index is 1.49. The lowest BCUT2D eigenvalue weighted by atomic mass is 10.1. The van der Waals surface area contributed by atoms with Crippen molar-refractivity contribution in [3.63, 3.8) is 0 Å². The van der Waals surface area contributed by atoms with E-state index in [0.29, 0.717) is 37.5 Å². The summed E-state index contributed by atoms with van der Waals surface area (Å²) in [5.74, 6) is 1.73. The maximum atomic E-state index is 12.4. The van der Waals surface area contributed by atoms with Crippen LogP contribution < -0.4 is 10.1 Å². The van der Waals surface area contributed by atoms with E-state index in [0.717, 1.165) is 17.6 Å². The summed E-state index contributed by atoms with van der Waals surface area (Å²) in [6.45, 7) is 1.41. The van der Waals surface area contributed by atoms with Gasteiger partial charge in [-0.3, -0.25) is 4.90 Å². The van der Waals surface area contributed by atoms with Gasteiger partial charge < -0.3 is 14.5 Å². The molecule has 24 heavy (non-hydrogen) atoms. The Kier molecular flexibility index (Phi) is 5.01. The number of nitrogens with zero attached hydrogens (tertiary/aromatic N) is 1. The number of benzene rings is 1. The number of fused-ring (bicyclic) bond motifs is 1. The molecule has 0 aliphatic carbocycles. The van der Waals surface area contributed by atoms with Crippen LogP contribution in [0.3, 0.4) is 0 Å². The number of hydrogen-bond acceptors (Lipinski definition) is 4. The van der Waals surface area contributed by atoms with Gasteiger partial charge in [0.25, 0.3) is 0 Å². The number of likely N-dealkylation sites (tertiary alicyclic amines) is 1.